The predicted octanol–water partition coefficient (Wildman–Crippen LogP) is 3.41. The maximum absolute atomic E-state index is 14.0. The first-order valence-corrected chi connectivity index (χ1v) is 8.48. The molecule has 25 heavy (non-hydrogen) atoms. The van der Waals surface area contributed by atoms with Crippen LogP contribution in [0, 0.1) is 6.92 Å². The van der Waals surface area contributed by atoms with Crippen LogP contribution < -0.4 is 0 Å². The molecule has 2 fully saturated rings. The van der Waals surface area contributed by atoms with E-state index in [4.69, 9.17) is 4.42 Å². The largest absolute Gasteiger partial charge is 0.423 e. The molecule has 5 nitrogen and oxygen atoms in total. The summed E-state index contributed by atoms with van der Waals surface area (Å²) >= 11 is 0. The van der Waals surface area contributed by atoms with Crippen LogP contribution >= 0.6 is 0 Å². The number of rotatable bonds is 4. The average molecular weight is 347 g/mol. The van der Waals surface area contributed by atoms with Crippen molar-refractivity contribution in [2.75, 3.05) is 6.54 Å². The number of likely N-dealkylation sites (tertiary alicyclic amines) is 1. The van der Waals surface area contributed by atoms with Gasteiger partial charge in [-0.1, -0.05) is 24.3 Å². The lowest BCUT2D eigenvalue weighted by molar-refractivity contribution is -0.133. The van der Waals surface area contributed by atoms with E-state index >= 15 is 0 Å². The molecule has 1 aliphatic carbocycles. The lowest BCUT2D eigenvalue weighted by Crippen LogP contribution is -2.34. The van der Waals surface area contributed by atoms with Crippen LogP contribution in [0.3, 0.4) is 0 Å². The van der Waals surface area contributed by atoms with E-state index in [9.17, 15) is 13.6 Å². The number of carbonyl (C=O) groups excluding carboxylic acids is 1. The molecule has 0 bridgehead atoms. The monoisotopic (exact) mass is 347 g/mol. The molecule has 132 valence electrons. The normalized spacial score (nSPS) is 22.4. The second-order valence-electron chi connectivity index (χ2n) is 6.95. The molecule has 1 atom stereocenters. The minimum Gasteiger partial charge on any atom is -0.423 e. The van der Waals surface area contributed by atoms with E-state index in [-0.39, 0.29) is 24.1 Å². The highest BCUT2D eigenvalue weighted by atomic mass is 19.3. The zero-order chi connectivity index (χ0) is 17.6. The highest BCUT2D eigenvalue weighted by Gasteiger charge is 2.49. The second kappa shape index (κ2) is 5.89. The van der Waals surface area contributed by atoms with Crippen molar-refractivity contribution in [3.05, 3.63) is 47.2 Å². The summed E-state index contributed by atoms with van der Waals surface area (Å²) < 4.78 is 33.6. The molecule has 0 N–H and O–H groups in total. The zero-order valence-electron chi connectivity index (χ0n) is 13.9. The molecular weight excluding hydrogens is 328 g/mol. The third-order valence-electron chi connectivity index (χ3n) is 4.86. The second-order valence-corrected chi connectivity index (χ2v) is 6.95. The van der Waals surface area contributed by atoms with E-state index in [0.717, 1.165) is 24.0 Å². The molecule has 1 saturated carbocycles. The summed E-state index contributed by atoms with van der Waals surface area (Å²) in [6, 6.07) is 6.61. The standard InChI is InChI=1S/C18H19F2N3O2/c1-11-4-2-3-5-13(11)8-15(24)23-10-18(19,20)9-14(23)17-22-21-16(25-17)12-6-7-12/h2-5,12,14H,6-10H2,1H3/t14-/m0/s1. The summed E-state index contributed by atoms with van der Waals surface area (Å²) in [5.41, 5.74) is 1.80. The van der Waals surface area contributed by atoms with Crippen molar-refractivity contribution in [1.29, 1.82) is 0 Å². The summed E-state index contributed by atoms with van der Waals surface area (Å²) in [5, 5.41) is 7.90. The SMILES string of the molecule is Cc1ccccc1CC(=O)N1CC(F)(F)C[C@H]1c1nnc(C2CC2)o1. The summed E-state index contributed by atoms with van der Waals surface area (Å²) in [6.07, 6.45) is 1.58. The van der Waals surface area contributed by atoms with Crippen molar-refractivity contribution in [2.24, 2.45) is 0 Å². The molecule has 4 rings (SSSR count). The number of aryl methyl sites for hydroxylation is 1. The molecule has 0 spiro atoms. The van der Waals surface area contributed by atoms with Crippen LogP contribution in [-0.4, -0.2) is 33.5 Å². The Kier molecular flexibility index (Phi) is 3.81. The maximum Gasteiger partial charge on any atom is 0.267 e. The molecule has 0 radical (unpaired) electrons. The lowest BCUT2D eigenvalue weighted by Gasteiger charge is -2.21. The molecule has 2 aromatic rings. The highest BCUT2D eigenvalue weighted by Crippen LogP contribution is 2.43. The van der Waals surface area contributed by atoms with E-state index in [2.05, 4.69) is 10.2 Å². The molecule has 1 saturated heterocycles. The Hall–Kier alpha value is -2.31. The summed E-state index contributed by atoms with van der Waals surface area (Å²) in [5.74, 6) is -2.42. The van der Waals surface area contributed by atoms with Gasteiger partial charge in [0.05, 0.1) is 13.0 Å². The van der Waals surface area contributed by atoms with Gasteiger partial charge in [0.15, 0.2) is 0 Å². The number of amides is 1. The van der Waals surface area contributed by atoms with E-state index in [0.29, 0.717) is 5.89 Å². The minimum atomic E-state index is -2.94. The number of nitrogens with zero attached hydrogens (tertiary/aromatic N) is 3. The molecule has 2 heterocycles. The van der Waals surface area contributed by atoms with Gasteiger partial charge in [0.2, 0.25) is 17.7 Å². The van der Waals surface area contributed by atoms with E-state index in [1.165, 1.54) is 4.90 Å². The van der Waals surface area contributed by atoms with Crippen LogP contribution in [0.25, 0.3) is 0 Å². The van der Waals surface area contributed by atoms with Gasteiger partial charge in [-0.3, -0.25) is 4.79 Å². The Morgan fingerprint density at radius 3 is 2.72 bits per heavy atom. The Morgan fingerprint density at radius 1 is 1.28 bits per heavy atom. The van der Waals surface area contributed by atoms with Gasteiger partial charge >= 0.3 is 0 Å². The van der Waals surface area contributed by atoms with Crippen LogP contribution in [0.2, 0.25) is 0 Å². The average Bonchev–Trinajstić information content (AvgIpc) is 3.20. The summed E-state index contributed by atoms with van der Waals surface area (Å²) in [7, 11) is 0. The van der Waals surface area contributed by atoms with Crippen LogP contribution in [-0.2, 0) is 11.2 Å². The Morgan fingerprint density at radius 2 is 2.00 bits per heavy atom. The first kappa shape index (κ1) is 16.2. The highest BCUT2D eigenvalue weighted by molar-refractivity contribution is 5.80. The van der Waals surface area contributed by atoms with Crippen LogP contribution in [0.15, 0.2) is 28.7 Å². The van der Waals surface area contributed by atoms with Crippen molar-refractivity contribution in [3.8, 4) is 0 Å². The summed E-state index contributed by atoms with van der Waals surface area (Å²) in [4.78, 5) is 13.9. The molecule has 1 amide bonds. The maximum atomic E-state index is 14.0. The van der Waals surface area contributed by atoms with E-state index in [1.54, 1.807) is 0 Å². The van der Waals surface area contributed by atoms with Gasteiger partial charge in [0, 0.05) is 12.3 Å². The Labute approximate surface area is 144 Å². The number of alkyl halides is 2. The third-order valence-corrected chi connectivity index (χ3v) is 4.86. The van der Waals surface area contributed by atoms with E-state index < -0.39 is 24.9 Å². The zero-order valence-corrected chi connectivity index (χ0v) is 13.9. The van der Waals surface area contributed by atoms with Crippen molar-refractivity contribution in [2.45, 2.75) is 50.5 Å². The number of carbonyl (C=O) groups is 1. The van der Waals surface area contributed by atoms with Gasteiger partial charge < -0.3 is 9.32 Å². The summed E-state index contributed by atoms with van der Waals surface area (Å²) in [6.45, 7) is 1.29. The lowest BCUT2D eigenvalue weighted by atomic mass is 10.1. The van der Waals surface area contributed by atoms with Gasteiger partial charge in [-0.2, -0.15) is 0 Å². The Bertz CT molecular complexity index is 801. The molecule has 0 unspecified atom stereocenters. The van der Waals surface area contributed by atoms with Gasteiger partial charge in [0.1, 0.15) is 6.04 Å². The molecular formula is C18H19F2N3O2. The van der Waals surface area contributed by atoms with Crippen molar-refractivity contribution in [3.63, 3.8) is 0 Å². The van der Waals surface area contributed by atoms with Crippen molar-refractivity contribution < 1.29 is 18.0 Å². The number of halogens is 2. The fraction of sp³-hybridized carbons (Fsp3) is 0.500. The number of hydrogen-bond acceptors (Lipinski definition) is 4. The topological polar surface area (TPSA) is 59.2 Å². The number of hydrogen-bond donors (Lipinski definition) is 0. The van der Waals surface area contributed by atoms with E-state index in [1.807, 2.05) is 31.2 Å². The predicted molar refractivity (Wildman–Crippen MR) is 85.2 cm³/mol. The fourth-order valence-electron chi connectivity index (χ4n) is 3.25. The third kappa shape index (κ3) is 3.27. The van der Waals surface area contributed by atoms with Gasteiger partial charge in [-0.25, -0.2) is 8.78 Å². The quantitative estimate of drug-likeness (QED) is 0.850. The van der Waals surface area contributed by atoms with Crippen LogP contribution in [0.5, 0.6) is 0 Å². The first-order chi connectivity index (χ1) is 11.9. The Balaban J connectivity index is 1.56. The molecule has 2 aliphatic rings. The van der Waals surface area contributed by atoms with Gasteiger partial charge in [0.25, 0.3) is 5.92 Å². The van der Waals surface area contributed by atoms with Crippen LogP contribution in [0.4, 0.5) is 8.78 Å². The smallest absolute Gasteiger partial charge is 0.267 e. The molecule has 1 aliphatic heterocycles. The van der Waals surface area contributed by atoms with Crippen LogP contribution in [0.1, 0.15) is 54.1 Å². The molecule has 7 heteroatoms. The molecule has 1 aromatic heterocycles. The van der Waals surface area contributed by atoms with Gasteiger partial charge in [-0.15, -0.1) is 10.2 Å². The number of aromatic nitrogens is 2. The van der Waals surface area contributed by atoms with Crippen molar-refractivity contribution >= 4 is 5.91 Å². The number of benzene rings is 1. The first-order valence-electron chi connectivity index (χ1n) is 8.48. The van der Waals surface area contributed by atoms with Crippen molar-refractivity contribution in [1.82, 2.24) is 15.1 Å². The fourth-order valence-corrected chi connectivity index (χ4v) is 3.25. The van der Waals surface area contributed by atoms with Gasteiger partial charge in [-0.05, 0) is 30.9 Å². The molecule has 1 aromatic carbocycles. The minimum absolute atomic E-state index is 0.0862.